The normalized spacial score (nSPS) is 15.7. The van der Waals surface area contributed by atoms with Gasteiger partial charge in [-0.05, 0) is 53.9 Å². The summed E-state index contributed by atoms with van der Waals surface area (Å²) in [5, 5.41) is 6.75. The van der Waals surface area contributed by atoms with Crippen LogP contribution < -0.4 is 10.6 Å². The molecule has 0 radical (unpaired) electrons. The minimum absolute atomic E-state index is 0.121. The van der Waals surface area contributed by atoms with Gasteiger partial charge in [0, 0.05) is 17.0 Å². The predicted octanol–water partition coefficient (Wildman–Crippen LogP) is 6.08. The Morgan fingerprint density at radius 3 is 2.28 bits per heavy atom. The molecule has 166 valence electrons. The Morgan fingerprint density at radius 2 is 1.62 bits per heavy atom. The van der Waals surface area contributed by atoms with Gasteiger partial charge in [-0.3, -0.25) is 9.59 Å². The summed E-state index contributed by atoms with van der Waals surface area (Å²) in [6.07, 6.45) is 2.87. The third-order valence-electron chi connectivity index (χ3n) is 6.28. The molecule has 2 N–H and O–H groups in total. The minimum Gasteiger partial charge on any atom is -0.348 e. The highest BCUT2D eigenvalue weighted by molar-refractivity contribution is 7.17. The van der Waals surface area contributed by atoms with Gasteiger partial charge in [-0.1, -0.05) is 69.3 Å². The maximum atomic E-state index is 13.3. The Bertz CT molecular complexity index is 1100. The lowest BCUT2D eigenvalue weighted by Crippen LogP contribution is -2.28. The zero-order valence-electron chi connectivity index (χ0n) is 18.9. The molecule has 3 aromatic rings. The molecule has 2 aromatic carbocycles. The highest BCUT2D eigenvalue weighted by atomic mass is 32.1. The van der Waals surface area contributed by atoms with Crippen LogP contribution in [-0.2, 0) is 19.4 Å². The number of thiophene rings is 1. The van der Waals surface area contributed by atoms with Crippen molar-refractivity contribution in [2.45, 2.75) is 46.6 Å². The van der Waals surface area contributed by atoms with Gasteiger partial charge in [0.25, 0.3) is 11.8 Å². The second-order valence-corrected chi connectivity index (χ2v) is 10.6. The zero-order valence-corrected chi connectivity index (χ0v) is 19.7. The topological polar surface area (TPSA) is 58.2 Å². The van der Waals surface area contributed by atoms with Crippen LogP contribution in [0.5, 0.6) is 0 Å². The van der Waals surface area contributed by atoms with Crippen molar-refractivity contribution in [3.05, 3.63) is 87.8 Å². The SMILES string of the molecule is CC(C)(C)C1CCc2c(sc(NC(=O)c3ccccc3)c2C(=O)NCc2ccccc2)C1. The van der Waals surface area contributed by atoms with Crippen LogP contribution in [0.2, 0.25) is 0 Å². The number of anilines is 1. The third-order valence-corrected chi connectivity index (χ3v) is 7.45. The predicted molar refractivity (Wildman–Crippen MR) is 131 cm³/mol. The van der Waals surface area contributed by atoms with Crippen LogP contribution in [0.4, 0.5) is 5.00 Å². The standard InChI is InChI=1S/C27H30N2O2S/c1-27(2,3)20-14-15-21-22(16-20)32-26(29-24(30)19-12-8-5-9-13-19)23(21)25(31)28-17-18-10-6-4-7-11-18/h4-13,20H,14-17H2,1-3H3,(H,28,31)(H,29,30). The van der Waals surface area contributed by atoms with E-state index in [1.807, 2.05) is 48.5 Å². The van der Waals surface area contributed by atoms with E-state index in [1.165, 1.54) is 4.88 Å². The molecule has 1 heterocycles. The monoisotopic (exact) mass is 446 g/mol. The van der Waals surface area contributed by atoms with Crippen molar-refractivity contribution in [3.63, 3.8) is 0 Å². The molecular weight excluding hydrogens is 416 g/mol. The van der Waals surface area contributed by atoms with Gasteiger partial charge < -0.3 is 10.6 Å². The third kappa shape index (κ3) is 4.94. The fraction of sp³-hybridized carbons (Fsp3) is 0.333. The Hall–Kier alpha value is -2.92. The summed E-state index contributed by atoms with van der Waals surface area (Å²) < 4.78 is 0. The number of rotatable bonds is 5. The van der Waals surface area contributed by atoms with Crippen molar-refractivity contribution in [3.8, 4) is 0 Å². The molecule has 0 saturated heterocycles. The Labute approximate surface area is 194 Å². The van der Waals surface area contributed by atoms with Crippen molar-refractivity contribution in [2.24, 2.45) is 11.3 Å². The first kappa shape index (κ1) is 22.3. The van der Waals surface area contributed by atoms with Gasteiger partial charge in [-0.15, -0.1) is 11.3 Å². The Morgan fingerprint density at radius 1 is 0.969 bits per heavy atom. The van der Waals surface area contributed by atoms with Crippen molar-refractivity contribution in [1.29, 1.82) is 0 Å². The molecule has 2 amide bonds. The molecular formula is C27H30N2O2S. The fourth-order valence-electron chi connectivity index (χ4n) is 4.28. The van der Waals surface area contributed by atoms with Crippen molar-refractivity contribution >= 4 is 28.2 Å². The lowest BCUT2D eigenvalue weighted by molar-refractivity contribution is 0.0950. The van der Waals surface area contributed by atoms with Gasteiger partial charge in [0.15, 0.2) is 0 Å². The van der Waals surface area contributed by atoms with E-state index < -0.39 is 0 Å². The molecule has 1 atom stereocenters. The van der Waals surface area contributed by atoms with Crippen molar-refractivity contribution in [2.75, 3.05) is 5.32 Å². The van der Waals surface area contributed by atoms with Crippen molar-refractivity contribution in [1.82, 2.24) is 5.32 Å². The van der Waals surface area contributed by atoms with Gasteiger partial charge in [0.1, 0.15) is 5.00 Å². The highest BCUT2D eigenvalue weighted by Crippen LogP contribution is 2.44. The molecule has 0 spiro atoms. The molecule has 0 saturated carbocycles. The summed E-state index contributed by atoms with van der Waals surface area (Å²) in [7, 11) is 0. The highest BCUT2D eigenvalue weighted by Gasteiger charge is 2.34. The number of hydrogen-bond donors (Lipinski definition) is 2. The largest absolute Gasteiger partial charge is 0.348 e. The molecule has 4 nitrogen and oxygen atoms in total. The summed E-state index contributed by atoms with van der Waals surface area (Å²) in [4.78, 5) is 27.4. The number of carbonyl (C=O) groups is 2. The summed E-state index contributed by atoms with van der Waals surface area (Å²) in [5.41, 5.74) is 3.59. The van der Waals surface area contributed by atoms with E-state index in [9.17, 15) is 9.59 Å². The number of benzene rings is 2. The van der Waals surface area contributed by atoms with E-state index in [-0.39, 0.29) is 17.2 Å². The number of carbonyl (C=O) groups excluding carboxylic acids is 2. The zero-order chi connectivity index (χ0) is 22.7. The maximum Gasteiger partial charge on any atom is 0.256 e. The number of nitrogens with one attached hydrogen (secondary N) is 2. The fourth-order valence-corrected chi connectivity index (χ4v) is 5.60. The lowest BCUT2D eigenvalue weighted by atomic mass is 9.72. The summed E-state index contributed by atoms with van der Waals surface area (Å²) >= 11 is 1.56. The first-order valence-corrected chi connectivity index (χ1v) is 12.0. The van der Waals surface area contributed by atoms with Crippen LogP contribution in [0.3, 0.4) is 0 Å². The van der Waals surface area contributed by atoms with Crippen molar-refractivity contribution < 1.29 is 9.59 Å². The van der Waals surface area contributed by atoms with Crippen LogP contribution in [0.15, 0.2) is 60.7 Å². The van der Waals surface area contributed by atoms with Crippen LogP contribution in [0, 0.1) is 11.3 Å². The molecule has 5 heteroatoms. The van der Waals surface area contributed by atoms with E-state index in [2.05, 4.69) is 31.4 Å². The van der Waals surface area contributed by atoms with Gasteiger partial charge >= 0.3 is 0 Å². The molecule has 1 aromatic heterocycles. The maximum absolute atomic E-state index is 13.3. The van der Waals surface area contributed by atoms with E-state index >= 15 is 0 Å². The second kappa shape index (κ2) is 9.29. The molecule has 1 unspecified atom stereocenters. The minimum atomic E-state index is -0.186. The first-order valence-electron chi connectivity index (χ1n) is 11.2. The quantitative estimate of drug-likeness (QED) is 0.499. The number of hydrogen-bond acceptors (Lipinski definition) is 3. The molecule has 1 aliphatic carbocycles. The summed E-state index contributed by atoms with van der Waals surface area (Å²) in [5.74, 6) is 0.254. The van der Waals surface area contributed by atoms with Crippen LogP contribution in [-0.4, -0.2) is 11.8 Å². The molecule has 1 aliphatic rings. The molecule has 32 heavy (non-hydrogen) atoms. The van der Waals surface area contributed by atoms with Crippen LogP contribution in [0.1, 0.15) is 63.9 Å². The molecule has 4 rings (SSSR count). The molecule has 0 bridgehead atoms. The lowest BCUT2D eigenvalue weighted by Gasteiger charge is -2.33. The summed E-state index contributed by atoms with van der Waals surface area (Å²) in [6.45, 7) is 7.30. The van der Waals surface area contributed by atoms with Gasteiger partial charge in [-0.25, -0.2) is 0 Å². The average Bonchev–Trinajstić information content (AvgIpc) is 3.15. The Balaban J connectivity index is 1.62. The van der Waals surface area contributed by atoms with Crippen LogP contribution >= 0.6 is 11.3 Å². The average molecular weight is 447 g/mol. The van der Waals surface area contributed by atoms with Gasteiger partial charge in [-0.2, -0.15) is 0 Å². The van der Waals surface area contributed by atoms with Gasteiger partial charge in [0.05, 0.1) is 5.56 Å². The summed E-state index contributed by atoms with van der Waals surface area (Å²) in [6, 6.07) is 19.0. The van der Waals surface area contributed by atoms with Crippen LogP contribution in [0.25, 0.3) is 0 Å². The van der Waals surface area contributed by atoms with Gasteiger partial charge in [0.2, 0.25) is 0 Å². The Kier molecular flexibility index (Phi) is 6.47. The molecule has 0 fully saturated rings. The van der Waals surface area contributed by atoms with E-state index in [0.29, 0.717) is 28.6 Å². The first-order chi connectivity index (χ1) is 15.3. The second-order valence-electron chi connectivity index (χ2n) is 9.50. The smallest absolute Gasteiger partial charge is 0.256 e. The number of fused-ring (bicyclic) bond motifs is 1. The number of amides is 2. The van der Waals surface area contributed by atoms with E-state index in [1.54, 1.807) is 23.5 Å². The van der Waals surface area contributed by atoms with E-state index in [0.717, 1.165) is 30.4 Å². The molecule has 0 aliphatic heterocycles. The van der Waals surface area contributed by atoms with E-state index in [4.69, 9.17) is 0 Å².